The van der Waals surface area contributed by atoms with Crippen LogP contribution in [0.4, 0.5) is 5.69 Å². The molecule has 0 atom stereocenters. The van der Waals surface area contributed by atoms with E-state index in [1.165, 1.54) is 31.4 Å². The van der Waals surface area contributed by atoms with Gasteiger partial charge in [0.15, 0.2) is 0 Å². The largest absolute Gasteiger partial charge is 0.385 e. The van der Waals surface area contributed by atoms with Crippen molar-refractivity contribution in [3.05, 3.63) is 24.0 Å². The quantitative estimate of drug-likeness (QED) is 0.814. The van der Waals surface area contributed by atoms with Gasteiger partial charge in [-0.15, -0.1) is 11.6 Å². The minimum Gasteiger partial charge on any atom is -0.385 e. The summed E-state index contributed by atoms with van der Waals surface area (Å²) in [5.74, 6) is 0.781. The molecule has 16 heavy (non-hydrogen) atoms. The first-order chi connectivity index (χ1) is 7.74. The van der Waals surface area contributed by atoms with E-state index in [-0.39, 0.29) is 0 Å². The average molecular weight is 239 g/mol. The third-order valence-electron chi connectivity index (χ3n) is 3.27. The molecule has 1 aliphatic carbocycles. The van der Waals surface area contributed by atoms with E-state index in [1.807, 2.05) is 19.2 Å². The molecule has 1 aromatic rings. The number of rotatable bonds is 3. The van der Waals surface area contributed by atoms with E-state index in [4.69, 9.17) is 11.6 Å². The summed E-state index contributed by atoms with van der Waals surface area (Å²) < 4.78 is 0. The molecule has 0 aliphatic heterocycles. The van der Waals surface area contributed by atoms with E-state index < -0.39 is 0 Å². The number of nitrogens with zero attached hydrogens (tertiary/aromatic N) is 1. The van der Waals surface area contributed by atoms with Gasteiger partial charge >= 0.3 is 0 Å². The van der Waals surface area contributed by atoms with Crippen molar-refractivity contribution >= 4 is 17.3 Å². The predicted molar refractivity (Wildman–Crippen MR) is 69.1 cm³/mol. The Morgan fingerprint density at radius 3 is 2.81 bits per heavy atom. The Morgan fingerprint density at radius 1 is 1.38 bits per heavy atom. The second kappa shape index (κ2) is 5.53. The van der Waals surface area contributed by atoms with Crippen LogP contribution < -0.4 is 5.32 Å². The van der Waals surface area contributed by atoms with Gasteiger partial charge in [-0.2, -0.15) is 0 Å². The smallest absolute Gasteiger partial charge is 0.0393 e. The molecule has 1 N–H and O–H groups in total. The third-order valence-corrected chi connectivity index (χ3v) is 3.70. The topological polar surface area (TPSA) is 24.9 Å². The van der Waals surface area contributed by atoms with Crippen molar-refractivity contribution in [3.8, 4) is 0 Å². The van der Waals surface area contributed by atoms with Crippen molar-refractivity contribution in [2.45, 2.75) is 38.0 Å². The predicted octanol–water partition coefficient (Wildman–Crippen LogP) is 3.60. The Labute approximate surface area is 102 Å². The van der Waals surface area contributed by atoms with Gasteiger partial charge in [0, 0.05) is 29.5 Å². The number of aryl methyl sites for hydroxylation is 1. The fourth-order valence-corrected chi connectivity index (χ4v) is 2.50. The van der Waals surface area contributed by atoms with Crippen molar-refractivity contribution in [2.75, 3.05) is 11.9 Å². The van der Waals surface area contributed by atoms with E-state index in [1.54, 1.807) is 0 Å². The number of anilines is 1. The highest BCUT2D eigenvalue weighted by atomic mass is 35.5. The van der Waals surface area contributed by atoms with Crippen molar-refractivity contribution in [3.63, 3.8) is 0 Å². The maximum atomic E-state index is 6.09. The van der Waals surface area contributed by atoms with Crippen molar-refractivity contribution in [1.29, 1.82) is 0 Å². The molecule has 1 saturated carbocycles. The highest BCUT2D eigenvalue weighted by Crippen LogP contribution is 2.27. The highest BCUT2D eigenvalue weighted by molar-refractivity contribution is 6.20. The molecule has 0 aromatic carbocycles. The molecule has 1 aliphatic rings. The van der Waals surface area contributed by atoms with E-state index >= 15 is 0 Å². The number of aromatic nitrogens is 1. The number of nitrogens with one attached hydrogen (secondary N) is 1. The zero-order valence-electron chi connectivity index (χ0n) is 9.75. The molecule has 2 rings (SSSR count). The van der Waals surface area contributed by atoms with Crippen LogP contribution in [0, 0.1) is 12.8 Å². The third kappa shape index (κ3) is 3.38. The molecule has 1 fully saturated rings. The Balaban J connectivity index is 1.79. The summed E-state index contributed by atoms with van der Waals surface area (Å²) in [4.78, 5) is 4.19. The van der Waals surface area contributed by atoms with Crippen LogP contribution in [0.1, 0.15) is 31.4 Å². The second-order valence-corrected chi connectivity index (χ2v) is 5.30. The lowest BCUT2D eigenvalue weighted by molar-refractivity contribution is 0.378. The van der Waals surface area contributed by atoms with Gasteiger partial charge in [0.2, 0.25) is 0 Å². The Morgan fingerprint density at radius 2 is 2.12 bits per heavy atom. The van der Waals surface area contributed by atoms with Crippen molar-refractivity contribution < 1.29 is 0 Å². The number of pyridine rings is 1. The fourth-order valence-electron chi connectivity index (χ4n) is 2.24. The molecule has 2 nitrogen and oxygen atoms in total. The summed E-state index contributed by atoms with van der Waals surface area (Å²) in [6.07, 6.45) is 6.70. The van der Waals surface area contributed by atoms with Gasteiger partial charge in [-0.25, -0.2) is 0 Å². The molecule has 1 aromatic heterocycles. The summed E-state index contributed by atoms with van der Waals surface area (Å²) in [7, 11) is 0. The molecular formula is C13H19ClN2. The number of hydrogen-bond acceptors (Lipinski definition) is 2. The fraction of sp³-hybridized carbons (Fsp3) is 0.615. The average Bonchev–Trinajstić information content (AvgIpc) is 2.28. The Kier molecular flexibility index (Phi) is 4.05. The van der Waals surface area contributed by atoms with E-state index in [9.17, 15) is 0 Å². The number of hydrogen-bond donors (Lipinski definition) is 1. The molecule has 0 unspecified atom stereocenters. The first-order valence-electron chi connectivity index (χ1n) is 6.04. The minimum atomic E-state index is 0.416. The summed E-state index contributed by atoms with van der Waals surface area (Å²) >= 11 is 6.09. The molecule has 0 radical (unpaired) electrons. The zero-order valence-corrected chi connectivity index (χ0v) is 10.5. The summed E-state index contributed by atoms with van der Waals surface area (Å²) in [6, 6.07) is 4.12. The lowest BCUT2D eigenvalue weighted by Gasteiger charge is -2.25. The van der Waals surface area contributed by atoms with Gasteiger partial charge in [0.1, 0.15) is 0 Å². The first kappa shape index (κ1) is 11.7. The van der Waals surface area contributed by atoms with Gasteiger partial charge in [0.25, 0.3) is 0 Å². The molecule has 88 valence electrons. The SMILES string of the molecule is Cc1cc(NCC2CCC(Cl)CC2)ccn1. The van der Waals surface area contributed by atoms with Crippen LogP contribution in [0.2, 0.25) is 0 Å². The molecule has 3 heteroatoms. The normalized spacial score (nSPS) is 25.4. The molecular weight excluding hydrogens is 220 g/mol. The monoisotopic (exact) mass is 238 g/mol. The van der Waals surface area contributed by atoms with Gasteiger partial charge in [-0.05, 0) is 50.7 Å². The van der Waals surface area contributed by atoms with Gasteiger partial charge < -0.3 is 5.32 Å². The van der Waals surface area contributed by atoms with E-state index in [0.29, 0.717) is 5.38 Å². The van der Waals surface area contributed by atoms with E-state index in [2.05, 4.69) is 16.4 Å². The van der Waals surface area contributed by atoms with E-state index in [0.717, 1.165) is 18.2 Å². The molecule has 0 bridgehead atoms. The summed E-state index contributed by atoms with van der Waals surface area (Å²) in [6.45, 7) is 3.08. The van der Waals surface area contributed by atoms with Crippen LogP contribution in [0.5, 0.6) is 0 Å². The first-order valence-corrected chi connectivity index (χ1v) is 6.48. The Bertz CT molecular complexity index is 332. The highest BCUT2D eigenvalue weighted by Gasteiger charge is 2.18. The van der Waals surface area contributed by atoms with Crippen LogP contribution in [0.3, 0.4) is 0 Å². The minimum absolute atomic E-state index is 0.416. The maximum Gasteiger partial charge on any atom is 0.0393 e. The molecule has 1 heterocycles. The zero-order chi connectivity index (χ0) is 11.4. The summed E-state index contributed by atoms with van der Waals surface area (Å²) in [5, 5.41) is 3.90. The Hall–Kier alpha value is -0.760. The van der Waals surface area contributed by atoms with Crippen LogP contribution in [-0.4, -0.2) is 16.9 Å². The number of alkyl halides is 1. The standard InChI is InChI=1S/C13H19ClN2/c1-10-8-13(6-7-15-10)16-9-11-2-4-12(14)5-3-11/h6-8,11-12H,2-5,9H2,1H3,(H,15,16). The van der Waals surface area contributed by atoms with Gasteiger partial charge in [-0.3, -0.25) is 4.98 Å². The lowest BCUT2D eigenvalue weighted by atomic mass is 9.89. The van der Waals surface area contributed by atoms with Crippen LogP contribution in [0.25, 0.3) is 0 Å². The summed E-state index contributed by atoms with van der Waals surface area (Å²) in [5.41, 5.74) is 2.25. The van der Waals surface area contributed by atoms with Gasteiger partial charge in [0.05, 0.1) is 0 Å². The van der Waals surface area contributed by atoms with Crippen LogP contribution >= 0.6 is 11.6 Å². The molecule has 0 spiro atoms. The lowest BCUT2D eigenvalue weighted by Crippen LogP contribution is -2.21. The second-order valence-electron chi connectivity index (χ2n) is 4.68. The van der Waals surface area contributed by atoms with Gasteiger partial charge in [-0.1, -0.05) is 0 Å². The van der Waals surface area contributed by atoms with Crippen molar-refractivity contribution in [1.82, 2.24) is 4.98 Å². The maximum absolute atomic E-state index is 6.09. The number of halogens is 1. The van der Waals surface area contributed by atoms with Crippen LogP contribution in [0.15, 0.2) is 18.3 Å². The molecule has 0 saturated heterocycles. The van der Waals surface area contributed by atoms with Crippen molar-refractivity contribution in [2.24, 2.45) is 5.92 Å². The molecule has 0 amide bonds. The van der Waals surface area contributed by atoms with Crippen LogP contribution in [-0.2, 0) is 0 Å².